The molecule has 1 amide bonds. The molecular weight excluding hydrogens is 196 g/mol. The van der Waals surface area contributed by atoms with E-state index in [0.717, 1.165) is 0 Å². The molecule has 0 aromatic heterocycles. The molecule has 0 aromatic carbocycles. The summed E-state index contributed by atoms with van der Waals surface area (Å²) in [4.78, 5) is 11.7. The van der Waals surface area contributed by atoms with Crippen LogP contribution >= 0.6 is 0 Å². The zero-order chi connectivity index (χ0) is 11.5. The maximum atomic E-state index is 11.7. The number of rotatable bonds is 4. The minimum absolute atomic E-state index is 0.124. The van der Waals surface area contributed by atoms with Crippen molar-refractivity contribution in [2.45, 2.75) is 31.9 Å². The predicted molar refractivity (Wildman–Crippen MR) is 56.2 cm³/mol. The van der Waals surface area contributed by atoms with Crippen LogP contribution < -0.4 is 11.1 Å². The Morgan fingerprint density at radius 2 is 2.33 bits per heavy atom. The Kier molecular flexibility index (Phi) is 4.07. The topological polar surface area (TPSA) is 84.6 Å². The van der Waals surface area contributed by atoms with Gasteiger partial charge in [0.25, 0.3) is 0 Å². The van der Waals surface area contributed by atoms with E-state index in [0.29, 0.717) is 13.0 Å². The lowest BCUT2D eigenvalue weighted by Gasteiger charge is -2.22. The van der Waals surface area contributed by atoms with Crippen LogP contribution in [-0.4, -0.2) is 42.4 Å². The van der Waals surface area contributed by atoms with E-state index in [2.05, 4.69) is 5.32 Å². The Morgan fingerprint density at radius 3 is 2.80 bits per heavy atom. The van der Waals surface area contributed by atoms with Crippen LogP contribution in [0.25, 0.3) is 0 Å². The number of aliphatic hydroxyl groups excluding tert-OH is 1. The molecule has 2 unspecified atom stereocenters. The third-order valence-corrected chi connectivity index (χ3v) is 2.75. The van der Waals surface area contributed by atoms with Gasteiger partial charge in [0, 0.05) is 13.2 Å². The van der Waals surface area contributed by atoms with E-state index in [4.69, 9.17) is 10.5 Å². The van der Waals surface area contributed by atoms with Crippen LogP contribution in [0, 0.1) is 5.92 Å². The first-order valence-electron chi connectivity index (χ1n) is 5.29. The summed E-state index contributed by atoms with van der Waals surface area (Å²) in [6.07, 6.45) is 0.0104. The van der Waals surface area contributed by atoms with Gasteiger partial charge in [0.05, 0.1) is 12.7 Å². The number of hydrogen-bond donors (Lipinski definition) is 3. The average molecular weight is 216 g/mol. The highest BCUT2D eigenvalue weighted by molar-refractivity contribution is 5.86. The molecule has 0 saturated carbocycles. The first-order valence-corrected chi connectivity index (χ1v) is 5.29. The van der Waals surface area contributed by atoms with Gasteiger partial charge in [0.15, 0.2) is 0 Å². The van der Waals surface area contributed by atoms with Crippen LogP contribution in [-0.2, 0) is 9.53 Å². The summed E-state index contributed by atoms with van der Waals surface area (Å²) >= 11 is 0. The molecule has 1 saturated heterocycles. The van der Waals surface area contributed by atoms with Crippen molar-refractivity contribution in [3.05, 3.63) is 0 Å². The summed E-state index contributed by atoms with van der Waals surface area (Å²) < 4.78 is 5.09. The Bertz CT molecular complexity index is 225. The first kappa shape index (κ1) is 12.4. The van der Waals surface area contributed by atoms with Gasteiger partial charge in [-0.25, -0.2) is 0 Å². The lowest BCUT2D eigenvalue weighted by Crippen LogP contribution is -2.55. The standard InChI is InChI=1S/C10H20N2O3/c1-7(2)8(13)5-12-9(14)10(11)3-4-15-6-10/h7-8,13H,3-6,11H2,1-2H3,(H,12,14). The first-order chi connectivity index (χ1) is 6.96. The van der Waals surface area contributed by atoms with Crippen LogP contribution in [0.4, 0.5) is 0 Å². The van der Waals surface area contributed by atoms with E-state index < -0.39 is 11.6 Å². The van der Waals surface area contributed by atoms with Crippen molar-refractivity contribution in [2.75, 3.05) is 19.8 Å². The van der Waals surface area contributed by atoms with Crippen LogP contribution in [0.15, 0.2) is 0 Å². The molecule has 0 bridgehead atoms. The van der Waals surface area contributed by atoms with Gasteiger partial charge in [-0.05, 0) is 12.3 Å². The molecule has 5 heteroatoms. The van der Waals surface area contributed by atoms with Crippen LogP contribution in [0.2, 0.25) is 0 Å². The van der Waals surface area contributed by atoms with Gasteiger partial charge >= 0.3 is 0 Å². The van der Waals surface area contributed by atoms with E-state index >= 15 is 0 Å². The van der Waals surface area contributed by atoms with Gasteiger partial charge in [-0.2, -0.15) is 0 Å². The molecule has 88 valence electrons. The van der Waals surface area contributed by atoms with Gasteiger partial charge < -0.3 is 20.9 Å². The number of amides is 1. The summed E-state index contributed by atoms with van der Waals surface area (Å²) in [5.74, 6) is -0.112. The molecule has 0 aliphatic carbocycles. The number of hydrogen-bond acceptors (Lipinski definition) is 4. The number of nitrogens with two attached hydrogens (primary N) is 1. The Morgan fingerprint density at radius 1 is 1.67 bits per heavy atom. The molecule has 1 aliphatic heterocycles. The van der Waals surface area contributed by atoms with Crippen molar-refractivity contribution >= 4 is 5.91 Å². The highest BCUT2D eigenvalue weighted by Gasteiger charge is 2.38. The Hall–Kier alpha value is -0.650. The molecule has 1 rings (SSSR count). The predicted octanol–water partition coefficient (Wildman–Crippen LogP) is -0.763. The van der Waals surface area contributed by atoms with Crippen molar-refractivity contribution in [1.29, 1.82) is 0 Å². The number of carbonyl (C=O) groups is 1. The number of nitrogens with one attached hydrogen (secondary N) is 1. The second-order valence-electron chi connectivity index (χ2n) is 4.48. The summed E-state index contributed by atoms with van der Waals surface area (Å²) in [7, 11) is 0. The lowest BCUT2D eigenvalue weighted by atomic mass is 9.99. The second-order valence-corrected chi connectivity index (χ2v) is 4.48. The van der Waals surface area contributed by atoms with Crippen LogP contribution in [0.3, 0.4) is 0 Å². The SMILES string of the molecule is CC(C)C(O)CNC(=O)C1(N)CCOC1. The van der Waals surface area contributed by atoms with Gasteiger partial charge in [0.2, 0.25) is 5.91 Å². The summed E-state index contributed by atoms with van der Waals surface area (Å²) in [5, 5.41) is 12.2. The van der Waals surface area contributed by atoms with Crippen molar-refractivity contribution in [3.63, 3.8) is 0 Å². The molecular formula is C10H20N2O3. The van der Waals surface area contributed by atoms with E-state index in [1.165, 1.54) is 0 Å². The van der Waals surface area contributed by atoms with E-state index in [1.54, 1.807) is 0 Å². The minimum atomic E-state index is -0.906. The maximum Gasteiger partial charge on any atom is 0.242 e. The van der Waals surface area contributed by atoms with Crippen molar-refractivity contribution < 1.29 is 14.6 Å². The largest absolute Gasteiger partial charge is 0.391 e. The fourth-order valence-electron chi connectivity index (χ4n) is 1.37. The summed E-state index contributed by atoms with van der Waals surface area (Å²) in [6.45, 7) is 4.82. The number of carbonyl (C=O) groups excluding carboxylic acids is 1. The molecule has 4 N–H and O–H groups in total. The van der Waals surface area contributed by atoms with Crippen LogP contribution in [0.5, 0.6) is 0 Å². The Labute approximate surface area is 90.0 Å². The minimum Gasteiger partial charge on any atom is -0.391 e. The zero-order valence-corrected chi connectivity index (χ0v) is 9.32. The Balaban J connectivity index is 2.35. The fraction of sp³-hybridized carbons (Fsp3) is 0.900. The van der Waals surface area contributed by atoms with Crippen molar-refractivity contribution in [1.82, 2.24) is 5.32 Å². The molecule has 1 fully saturated rings. The molecule has 2 atom stereocenters. The number of ether oxygens (including phenoxy) is 1. The summed E-state index contributed by atoms with van der Waals surface area (Å²) in [5.41, 5.74) is 4.94. The van der Waals surface area contributed by atoms with Gasteiger partial charge in [-0.15, -0.1) is 0 Å². The highest BCUT2D eigenvalue weighted by atomic mass is 16.5. The highest BCUT2D eigenvalue weighted by Crippen LogP contribution is 2.15. The van der Waals surface area contributed by atoms with Gasteiger partial charge in [-0.3, -0.25) is 4.79 Å². The molecule has 1 heterocycles. The van der Waals surface area contributed by atoms with E-state index in [9.17, 15) is 9.90 Å². The molecule has 1 aliphatic rings. The zero-order valence-electron chi connectivity index (χ0n) is 9.32. The third kappa shape index (κ3) is 3.15. The van der Waals surface area contributed by atoms with Gasteiger partial charge in [-0.1, -0.05) is 13.8 Å². The normalized spacial score (nSPS) is 28.1. The van der Waals surface area contributed by atoms with E-state index in [-0.39, 0.29) is 25.0 Å². The van der Waals surface area contributed by atoms with Crippen LogP contribution in [0.1, 0.15) is 20.3 Å². The number of aliphatic hydroxyl groups is 1. The molecule has 0 aromatic rings. The molecule has 15 heavy (non-hydrogen) atoms. The monoisotopic (exact) mass is 216 g/mol. The molecule has 0 radical (unpaired) electrons. The van der Waals surface area contributed by atoms with Crippen molar-refractivity contribution in [2.24, 2.45) is 11.7 Å². The second kappa shape index (κ2) is 4.92. The molecule has 5 nitrogen and oxygen atoms in total. The fourth-order valence-corrected chi connectivity index (χ4v) is 1.37. The quantitative estimate of drug-likeness (QED) is 0.576. The molecule has 0 spiro atoms. The summed E-state index contributed by atoms with van der Waals surface area (Å²) in [6, 6.07) is 0. The smallest absolute Gasteiger partial charge is 0.242 e. The van der Waals surface area contributed by atoms with Crippen molar-refractivity contribution in [3.8, 4) is 0 Å². The maximum absolute atomic E-state index is 11.7. The lowest BCUT2D eigenvalue weighted by molar-refractivity contribution is -0.126. The van der Waals surface area contributed by atoms with Gasteiger partial charge in [0.1, 0.15) is 5.54 Å². The van der Waals surface area contributed by atoms with E-state index in [1.807, 2.05) is 13.8 Å². The third-order valence-electron chi connectivity index (χ3n) is 2.75. The average Bonchev–Trinajstić information content (AvgIpc) is 2.62.